The first-order chi connectivity index (χ1) is 10.3. The first-order valence-corrected chi connectivity index (χ1v) is 9.03. The summed E-state index contributed by atoms with van der Waals surface area (Å²) in [5.41, 5.74) is 0.153. The van der Waals surface area contributed by atoms with Crippen LogP contribution in [-0.4, -0.2) is 20.5 Å². The number of pyridine rings is 1. The molecule has 0 unspecified atom stereocenters. The van der Waals surface area contributed by atoms with Gasteiger partial charge in [0.25, 0.3) is 10.0 Å². The molecule has 1 heterocycles. The standard InChI is InChI=1S/C12H8BrCl3N2O3S/c1-21-12-9(4-6(14)5-17-12)22(19,20)18-8-3-2-7(15)10(13)11(8)16/h2-5,18H,1H3. The van der Waals surface area contributed by atoms with Crippen LogP contribution in [0.25, 0.3) is 0 Å². The lowest BCUT2D eigenvalue weighted by molar-refractivity contribution is 0.385. The van der Waals surface area contributed by atoms with Crippen molar-refractivity contribution in [3.05, 3.63) is 43.9 Å². The van der Waals surface area contributed by atoms with Gasteiger partial charge in [0.05, 0.1) is 32.3 Å². The van der Waals surface area contributed by atoms with Crippen molar-refractivity contribution >= 4 is 66.4 Å². The SMILES string of the molecule is COc1ncc(Cl)cc1S(=O)(=O)Nc1ccc(Cl)c(Br)c1Cl. The largest absolute Gasteiger partial charge is 0.480 e. The molecular formula is C12H8BrCl3N2O3S. The van der Waals surface area contributed by atoms with Gasteiger partial charge in [-0.05, 0) is 34.1 Å². The molecule has 1 aromatic heterocycles. The van der Waals surface area contributed by atoms with Gasteiger partial charge >= 0.3 is 0 Å². The molecule has 5 nitrogen and oxygen atoms in total. The number of ether oxygens (including phenoxy) is 1. The Morgan fingerprint density at radius 1 is 1.27 bits per heavy atom. The predicted octanol–water partition coefficient (Wildman–Crippen LogP) is 4.61. The molecule has 1 aromatic carbocycles. The van der Waals surface area contributed by atoms with E-state index in [2.05, 4.69) is 25.6 Å². The Kier molecular flexibility index (Phi) is 5.45. The van der Waals surface area contributed by atoms with Crippen LogP contribution >= 0.6 is 50.7 Å². The number of aromatic nitrogens is 1. The lowest BCUT2D eigenvalue weighted by Gasteiger charge is -2.13. The molecule has 2 rings (SSSR count). The van der Waals surface area contributed by atoms with E-state index in [-0.39, 0.29) is 26.5 Å². The minimum absolute atomic E-state index is 0.0824. The molecule has 22 heavy (non-hydrogen) atoms. The van der Waals surface area contributed by atoms with Gasteiger partial charge < -0.3 is 4.74 Å². The zero-order chi connectivity index (χ0) is 16.5. The second kappa shape index (κ2) is 6.80. The molecular weight excluding hydrogens is 438 g/mol. The summed E-state index contributed by atoms with van der Waals surface area (Å²) < 4.78 is 32.6. The summed E-state index contributed by atoms with van der Waals surface area (Å²) in [6.07, 6.45) is 1.28. The minimum Gasteiger partial charge on any atom is -0.480 e. The number of hydrogen-bond acceptors (Lipinski definition) is 4. The highest BCUT2D eigenvalue weighted by Gasteiger charge is 2.23. The van der Waals surface area contributed by atoms with Gasteiger partial charge in [-0.15, -0.1) is 0 Å². The van der Waals surface area contributed by atoms with Gasteiger partial charge in [0.1, 0.15) is 0 Å². The van der Waals surface area contributed by atoms with Crippen molar-refractivity contribution in [2.75, 3.05) is 11.8 Å². The summed E-state index contributed by atoms with van der Waals surface area (Å²) in [5.74, 6) is -0.0824. The fraction of sp³-hybridized carbons (Fsp3) is 0.0833. The van der Waals surface area contributed by atoms with Gasteiger partial charge in [0, 0.05) is 6.20 Å². The average molecular weight is 447 g/mol. The number of nitrogens with zero attached hydrogens (tertiary/aromatic N) is 1. The summed E-state index contributed by atoms with van der Waals surface area (Å²) in [6, 6.07) is 4.18. The maximum atomic E-state index is 12.5. The van der Waals surface area contributed by atoms with E-state index in [1.165, 1.54) is 31.5 Å². The monoisotopic (exact) mass is 444 g/mol. The highest BCUT2D eigenvalue weighted by Crippen LogP contribution is 2.37. The molecule has 0 spiro atoms. The minimum atomic E-state index is -4.00. The third kappa shape index (κ3) is 3.60. The Hall–Kier alpha value is -0.730. The third-order valence-electron chi connectivity index (χ3n) is 2.55. The summed E-state index contributed by atoms with van der Waals surface area (Å²) in [7, 11) is -2.69. The zero-order valence-electron chi connectivity index (χ0n) is 10.9. The zero-order valence-corrected chi connectivity index (χ0v) is 15.6. The van der Waals surface area contributed by atoms with E-state index in [0.717, 1.165) is 0 Å². The number of hydrogen-bond donors (Lipinski definition) is 1. The van der Waals surface area contributed by atoms with Gasteiger partial charge in [-0.3, -0.25) is 4.72 Å². The highest BCUT2D eigenvalue weighted by molar-refractivity contribution is 9.10. The molecule has 0 atom stereocenters. The van der Waals surface area contributed by atoms with E-state index in [9.17, 15) is 8.42 Å². The van der Waals surface area contributed by atoms with Gasteiger partial charge in [-0.25, -0.2) is 13.4 Å². The van der Waals surface area contributed by atoms with Crippen LogP contribution in [0.5, 0.6) is 5.88 Å². The van der Waals surface area contributed by atoms with Crippen molar-refractivity contribution < 1.29 is 13.2 Å². The van der Waals surface area contributed by atoms with Crippen molar-refractivity contribution in [1.82, 2.24) is 4.98 Å². The summed E-state index contributed by atoms with van der Waals surface area (Å²) in [6.45, 7) is 0. The van der Waals surface area contributed by atoms with E-state index < -0.39 is 10.0 Å². The number of nitrogens with one attached hydrogen (secondary N) is 1. The molecule has 0 amide bonds. The van der Waals surface area contributed by atoms with E-state index >= 15 is 0 Å². The van der Waals surface area contributed by atoms with Gasteiger partial charge in [0.15, 0.2) is 4.90 Å². The molecule has 1 N–H and O–H groups in total. The molecule has 0 fully saturated rings. The molecule has 0 radical (unpaired) electrons. The van der Waals surface area contributed by atoms with E-state index in [1.54, 1.807) is 0 Å². The smallest absolute Gasteiger partial charge is 0.267 e. The van der Waals surface area contributed by atoms with E-state index in [1.807, 2.05) is 0 Å². The van der Waals surface area contributed by atoms with Gasteiger partial charge in [-0.2, -0.15) is 0 Å². The van der Waals surface area contributed by atoms with Crippen molar-refractivity contribution in [2.45, 2.75) is 4.90 Å². The van der Waals surface area contributed by atoms with Crippen molar-refractivity contribution in [3.63, 3.8) is 0 Å². The number of halogens is 4. The molecule has 10 heteroatoms. The molecule has 0 aliphatic rings. The molecule has 0 bridgehead atoms. The maximum absolute atomic E-state index is 12.5. The molecule has 0 saturated carbocycles. The molecule has 118 valence electrons. The van der Waals surface area contributed by atoms with Crippen LogP contribution < -0.4 is 9.46 Å². The molecule has 0 saturated heterocycles. The lowest BCUT2D eigenvalue weighted by Crippen LogP contribution is -2.15. The Morgan fingerprint density at radius 2 is 1.95 bits per heavy atom. The summed E-state index contributed by atoms with van der Waals surface area (Å²) in [4.78, 5) is 3.62. The first-order valence-electron chi connectivity index (χ1n) is 5.62. The maximum Gasteiger partial charge on any atom is 0.267 e. The Morgan fingerprint density at radius 3 is 2.59 bits per heavy atom. The Balaban J connectivity index is 2.49. The van der Waals surface area contributed by atoms with Crippen LogP contribution in [0.1, 0.15) is 0 Å². The number of rotatable bonds is 4. The second-order valence-electron chi connectivity index (χ2n) is 3.99. The number of benzene rings is 1. The van der Waals surface area contributed by atoms with Crippen molar-refractivity contribution in [2.24, 2.45) is 0 Å². The van der Waals surface area contributed by atoms with Gasteiger partial charge in [-0.1, -0.05) is 34.8 Å². The fourth-order valence-electron chi connectivity index (χ4n) is 1.56. The van der Waals surface area contributed by atoms with Crippen molar-refractivity contribution in [3.8, 4) is 5.88 Å². The van der Waals surface area contributed by atoms with Crippen LogP contribution in [0.15, 0.2) is 33.8 Å². The van der Waals surface area contributed by atoms with Crippen LogP contribution in [0.3, 0.4) is 0 Å². The Bertz CT molecular complexity index is 831. The average Bonchev–Trinajstić information content (AvgIpc) is 2.48. The summed E-state index contributed by atoms with van der Waals surface area (Å²) in [5, 5.41) is 0.643. The molecule has 0 aliphatic heterocycles. The number of methoxy groups -OCH3 is 1. The molecule has 2 aromatic rings. The van der Waals surface area contributed by atoms with E-state index in [0.29, 0.717) is 9.50 Å². The molecule has 0 aliphatic carbocycles. The fourth-order valence-corrected chi connectivity index (χ4v) is 3.82. The lowest BCUT2D eigenvalue weighted by atomic mass is 10.3. The van der Waals surface area contributed by atoms with Crippen LogP contribution in [0, 0.1) is 0 Å². The van der Waals surface area contributed by atoms with Crippen molar-refractivity contribution in [1.29, 1.82) is 0 Å². The number of sulfonamides is 1. The van der Waals surface area contributed by atoms with Gasteiger partial charge in [0.2, 0.25) is 5.88 Å². The topological polar surface area (TPSA) is 68.3 Å². The Labute approximate surface area is 150 Å². The quantitative estimate of drug-likeness (QED) is 0.697. The number of anilines is 1. The van der Waals surface area contributed by atoms with Crippen LogP contribution in [-0.2, 0) is 10.0 Å². The third-order valence-corrected chi connectivity index (χ3v) is 6.10. The summed E-state index contributed by atoms with van der Waals surface area (Å²) >= 11 is 20.9. The first kappa shape index (κ1) is 17.6. The normalized spacial score (nSPS) is 11.3. The van der Waals surface area contributed by atoms with Crippen LogP contribution in [0.4, 0.5) is 5.69 Å². The highest BCUT2D eigenvalue weighted by atomic mass is 79.9. The second-order valence-corrected chi connectivity index (χ2v) is 7.65. The predicted molar refractivity (Wildman–Crippen MR) is 90.8 cm³/mol. The van der Waals surface area contributed by atoms with E-state index in [4.69, 9.17) is 39.5 Å². The van der Waals surface area contributed by atoms with Crippen LogP contribution in [0.2, 0.25) is 15.1 Å².